The van der Waals surface area contributed by atoms with Crippen molar-refractivity contribution in [3.8, 4) is 0 Å². The Balaban J connectivity index is 2.45. The second kappa shape index (κ2) is 5.79. The molecule has 0 amide bonds. The van der Waals surface area contributed by atoms with Gasteiger partial charge in [0.2, 0.25) is 10.0 Å². The van der Waals surface area contributed by atoms with E-state index in [0.29, 0.717) is 24.2 Å². The minimum atomic E-state index is -3.56. The molecule has 4 nitrogen and oxygen atoms in total. The molecule has 1 aliphatic heterocycles. The summed E-state index contributed by atoms with van der Waals surface area (Å²) in [5.74, 6) is -0.396. The van der Waals surface area contributed by atoms with Crippen molar-refractivity contribution in [3.63, 3.8) is 0 Å². The third-order valence-corrected chi connectivity index (χ3v) is 6.01. The number of nitrogens with one attached hydrogen (secondary N) is 1. The van der Waals surface area contributed by atoms with Gasteiger partial charge in [-0.2, -0.15) is 4.31 Å². The van der Waals surface area contributed by atoms with Crippen molar-refractivity contribution in [2.45, 2.75) is 37.6 Å². The Morgan fingerprint density at radius 1 is 1.35 bits per heavy atom. The summed E-state index contributed by atoms with van der Waals surface area (Å²) in [6.07, 6.45) is 1.73. The predicted octanol–water partition coefficient (Wildman–Crippen LogP) is 1.82. The molecule has 1 fully saturated rings. The van der Waals surface area contributed by atoms with Gasteiger partial charge in [0.25, 0.3) is 0 Å². The zero-order valence-corrected chi connectivity index (χ0v) is 12.9. The highest BCUT2D eigenvalue weighted by Crippen LogP contribution is 2.30. The van der Waals surface area contributed by atoms with E-state index >= 15 is 0 Å². The first-order valence-corrected chi connectivity index (χ1v) is 8.25. The first-order chi connectivity index (χ1) is 9.37. The van der Waals surface area contributed by atoms with Crippen LogP contribution < -0.4 is 5.32 Å². The lowest BCUT2D eigenvalue weighted by molar-refractivity contribution is 0.378. The maximum atomic E-state index is 13.4. The van der Waals surface area contributed by atoms with Crippen molar-refractivity contribution < 1.29 is 12.8 Å². The normalized spacial score (nSPS) is 20.5. The van der Waals surface area contributed by atoms with Gasteiger partial charge in [0.15, 0.2) is 0 Å². The molecule has 1 aromatic rings. The van der Waals surface area contributed by atoms with Gasteiger partial charge in [-0.05, 0) is 57.0 Å². The van der Waals surface area contributed by atoms with Crippen molar-refractivity contribution in [2.75, 3.05) is 20.1 Å². The lowest BCUT2D eigenvalue weighted by Gasteiger charge is -2.25. The lowest BCUT2D eigenvalue weighted by atomic mass is 10.1. The number of hydrogen-bond acceptors (Lipinski definition) is 3. The molecule has 112 valence electrons. The van der Waals surface area contributed by atoms with Gasteiger partial charge in [-0.1, -0.05) is 0 Å². The van der Waals surface area contributed by atoms with Crippen molar-refractivity contribution in [3.05, 3.63) is 29.1 Å². The summed E-state index contributed by atoms with van der Waals surface area (Å²) in [4.78, 5) is 0.252. The number of hydrogen-bond donors (Lipinski definition) is 1. The summed E-state index contributed by atoms with van der Waals surface area (Å²) in [5.41, 5.74) is 0.940. The molecule has 0 aromatic heterocycles. The summed E-state index contributed by atoms with van der Waals surface area (Å²) in [6.45, 7) is 4.46. The van der Waals surface area contributed by atoms with Crippen LogP contribution in [0.2, 0.25) is 0 Å². The standard InChI is InChI=1S/C14H21FN2O2S/c1-10-7-12(15)8-11(2)14(10)20(18,19)17-6-4-5-13(17)9-16-3/h7-8,13,16H,4-6,9H2,1-3H3. The van der Waals surface area contributed by atoms with E-state index in [1.165, 1.54) is 12.1 Å². The Morgan fingerprint density at radius 3 is 2.50 bits per heavy atom. The average Bonchev–Trinajstić information content (AvgIpc) is 2.76. The number of nitrogens with zero attached hydrogens (tertiary/aromatic N) is 1. The van der Waals surface area contributed by atoms with E-state index in [4.69, 9.17) is 0 Å². The maximum absolute atomic E-state index is 13.4. The van der Waals surface area contributed by atoms with E-state index in [9.17, 15) is 12.8 Å². The Labute approximate surface area is 120 Å². The first-order valence-electron chi connectivity index (χ1n) is 6.81. The molecule has 0 bridgehead atoms. The molecular weight excluding hydrogens is 279 g/mol. The van der Waals surface area contributed by atoms with Crippen LogP contribution in [-0.4, -0.2) is 38.9 Å². The van der Waals surface area contributed by atoms with Gasteiger partial charge >= 0.3 is 0 Å². The molecule has 0 spiro atoms. The molecule has 6 heteroatoms. The predicted molar refractivity (Wildman–Crippen MR) is 76.7 cm³/mol. The van der Waals surface area contributed by atoms with Crippen LogP contribution in [0.25, 0.3) is 0 Å². The molecule has 0 aliphatic carbocycles. The molecule has 0 radical (unpaired) electrons. The molecule has 20 heavy (non-hydrogen) atoms. The zero-order valence-electron chi connectivity index (χ0n) is 12.1. The van der Waals surface area contributed by atoms with Crippen LogP contribution in [0, 0.1) is 19.7 Å². The van der Waals surface area contributed by atoms with Crippen LogP contribution in [0.1, 0.15) is 24.0 Å². The summed E-state index contributed by atoms with van der Waals surface area (Å²) in [5, 5.41) is 3.04. The van der Waals surface area contributed by atoms with Crippen molar-refractivity contribution in [2.24, 2.45) is 0 Å². The van der Waals surface area contributed by atoms with Crippen LogP contribution in [0.4, 0.5) is 4.39 Å². The molecule has 0 saturated carbocycles. The van der Waals surface area contributed by atoms with Crippen LogP contribution in [0.3, 0.4) is 0 Å². The molecule has 1 aliphatic rings. The van der Waals surface area contributed by atoms with Crippen LogP contribution >= 0.6 is 0 Å². The fourth-order valence-electron chi connectivity index (χ4n) is 2.99. The number of benzene rings is 1. The number of rotatable bonds is 4. The van der Waals surface area contributed by atoms with E-state index in [1.807, 2.05) is 7.05 Å². The second-order valence-corrected chi connectivity index (χ2v) is 7.17. The maximum Gasteiger partial charge on any atom is 0.243 e. The van der Waals surface area contributed by atoms with E-state index in [2.05, 4.69) is 5.32 Å². The summed E-state index contributed by atoms with van der Waals surface area (Å²) in [6, 6.07) is 2.54. The molecule has 1 heterocycles. The third kappa shape index (κ3) is 2.73. The van der Waals surface area contributed by atoms with Crippen LogP contribution in [0.15, 0.2) is 17.0 Å². The summed E-state index contributed by atoms with van der Waals surface area (Å²) < 4.78 is 40.6. The van der Waals surface area contributed by atoms with E-state index < -0.39 is 15.8 Å². The van der Waals surface area contributed by atoms with Gasteiger partial charge in [0, 0.05) is 19.1 Å². The zero-order chi connectivity index (χ0) is 14.9. The molecule has 1 unspecified atom stereocenters. The van der Waals surface area contributed by atoms with Gasteiger partial charge in [-0.15, -0.1) is 0 Å². The topological polar surface area (TPSA) is 49.4 Å². The summed E-state index contributed by atoms with van der Waals surface area (Å²) >= 11 is 0. The molecule has 1 aromatic carbocycles. The highest BCUT2D eigenvalue weighted by Gasteiger charge is 2.36. The van der Waals surface area contributed by atoms with Gasteiger partial charge in [-0.3, -0.25) is 0 Å². The van der Waals surface area contributed by atoms with E-state index in [-0.39, 0.29) is 10.9 Å². The molecular formula is C14H21FN2O2S. The number of aryl methyl sites for hydroxylation is 2. The highest BCUT2D eigenvalue weighted by molar-refractivity contribution is 7.89. The van der Waals surface area contributed by atoms with Gasteiger partial charge in [0.05, 0.1) is 4.90 Å². The van der Waals surface area contributed by atoms with E-state index in [0.717, 1.165) is 12.8 Å². The fraction of sp³-hybridized carbons (Fsp3) is 0.571. The van der Waals surface area contributed by atoms with Gasteiger partial charge < -0.3 is 5.32 Å². The molecule has 1 N–H and O–H groups in total. The van der Waals surface area contributed by atoms with Crippen LogP contribution in [0.5, 0.6) is 0 Å². The first kappa shape index (κ1) is 15.4. The van der Waals surface area contributed by atoms with Crippen molar-refractivity contribution in [1.29, 1.82) is 0 Å². The largest absolute Gasteiger partial charge is 0.318 e. The Hall–Kier alpha value is -0.980. The number of sulfonamides is 1. The molecule has 1 atom stereocenters. The SMILES string of the molecule is CNCC1CCCN1S(=O)(=O)c1c(C)cc(F)cc1C. The fourth-order valence-corrected chi connectivity index (χ4v) is 5.09. The number of likely N-dealkylation sites (N-methyl/N-ethyl adjacent to an activating group) is 1. The quantitative estimate of drug-likeness (QED) is 0.922. The second-order valence-electron chi connectivity index (χ2n) is 5.34. The van der Waals surface area contributed by atoms with Gasteiger partial charge in [-0.25, -0.2) is 12.8 Å². The minimum absolute atomic E-state index is 0.0196. The third-order valence-electron chi connectivity index (χ3n) is 3.75. The lowest BCUT2D eigenvalue weighted by Crippen LogP contribution is -2.41. The molecule has 2 rings (SSSR count). The average molecular weight is 300 g/mol. The molecule has 1 saturated heterocycles. The van der Waals surface area contributed by atoms with Crippen molar-refractivity contribution >= 4 is 10.0 Å². The van der Waals surface area contributed by atoms with Crippen molar-refractivity contribution in [1.82, 2.24) is 9.62 Å². The Kier molecular flexibility index (Phi) is 4.46. The monoisotopic (exact) mass is 300 g/mol. The van der Waals surface area contributed by atoms with Crippen LogP contribution in [-0.2, 0) is 10.0 Å². The highest BCUT2D eigenvalue weighted by atomic mass is 32.2. The number of halogens is 1. The minimum Gasteiger partial charge on any atom is -0.318 e. The van der Waals surface area contributed by atoms with Gasteiger partial charge in [0.1, 0.15) is 5.82 Å². The summed E-state index contributed by atoms with van der Waals surface area (Å²) in [7, 11) is -1.74. The Morgan fingerprint density at radius 2 is 1.95 bits per heavy atom. The Bertz CT molecular complexity index is 578. The van der Waals surface area contributed by atoms with E-state index in [1.54, 1.807) is 18.2 Å². The smallest absolute Gasteiger partial charge is 0.243 e.